The molecule has 0 saturated carbocycles. The summed E-state index contributed by atoms with van der Waals surface area (Å²) in [5.74, 6) is 1.58. The van der Waals surface area contributed by atoms with E-state index in [1.54, 1.807) is 0 Å². The van der Waals surface area contributed by atoms with E-state index in [1.807, 2.05) is 11.3 Å². The first-order chi connectivity index (χ1) is 9.99. The molecule has 122 valence electrons. The molecule has 1 heterocycles. The van der Waals surface area contributed by atoms with Crippen molar-refractivity contribution < 1.29 is 0 Å². The number of nitrogens with one attached hydrogen (secondary N) is 1. The van der Waals surface area contributed by atoms with Crippen LogP contribution in [0.5, 0.6) is 0 Å². The zero-order valence-electron chi connectivity index (χ0n) is 14.6. The molecule has 0 aliphatic heterocycles. The Bertz CT molecular complexity index is 334. The predicted octanol–water partition coefficient (Wildman–Crippen LogP) is 4.62. The molecule has 0 fully saturated rings. The van der Waals surface area contributed by atoms with Crippen LogP contribution in [0.2, 0.25) is 0 Å². The second kappa shape index (κ2) is 10.4. The van der Waals surface area contributed by atoms with Crippen molar-refractivity contribution in [2.24, 2.45) is 11.8 Å². The van der Waals surface area contributed by atoms with E-state index in [0.717, 1.165) is 24.9 Å². The van der Waals surface area contributed by atoms with Gasteiger partial charge in [0.2, 0.25) is 0 Å². The lowest BCUT2D eigenvalue weighted by atomic mass is 10.1. The summed E-state index contributed by atoms with van der Waals surface area (Å²) >= 11 is 1.84. The van der Waals surface area contributed by atoms with Gasteiger partial charge in [-0.25, -0.2) is 0 Å². The van der Waals surface area contributed by atoms with Crippen LogP contribution in [-0.4, -0.2) is 30.6 Å². The molecule has 0 radical (unpaired) electrons. The molecule has 3 heteroatoms. The van der Waals surface area contributed by atoms with Crippen molar-refractivity contribution in [1.29, 1.82) is 0 Å². The van der Waals surface area contributed by atoms with Gasteiger partial charge >= 0.3 is 0 Å². The maximum atomic E-state index is 3.61. The Morgan fingerprint density at radius 3 is 2.14 bits per heavy atom. The van der Waals surface area contributed by atoms with E-state index in [9.17, 15) is 0 Å². The Balaban J connectivity index is 2.35. The minimum absolute atomic E-state index is 0.613. The monoisotopic (exact) mass is 310 g/mol. The van der Waals surface area contributed by atoms with Crippen LogP contribution in [0.25, 0.3) is 0 Å². The second-order valence-corrected chi connectivity index (χ2v) is 7.99. The van der Waals surface area contributed by atoms with E-state index < -0.39 is 0 Å². The summed E-state index contributed by atoms with van der Waals surface area (Å²) in [6, 6.07) is 4.95. The molecule has 0 aromatic carbocycles. The molecule has 0 aliphatic carbocycles. The maximum absolute atomic E-state index is 3.61. The Kier molecular flexibility index (Phi) is 9.21. The summed E-state index contributed by atoms with van der Waals surface area (Å²) in [5.41, 5.74) is 0. The lowest BCUT2D eigenvalue weighted by molar-refractivity contribution is 0.184. The molecular weight excluding hydrogens is 276 g/mol. The Labute approximate surface area is 135 Å². The Morgan fingerprint density at radius 1 is 1.05 bits per heavy atom. The van der Waals surface area contributed by atoms with Gasteiger partial charge in [-0.05, 0) is 56.1 Å². The highest BCUT2D eigenvalue weighted by Gasteiger charge is 2.14. The molecule has 21 heavy (non-hydrogen) atoms. The van der Waals surface area contributed by atoms with E-state index in [-0.39, 0.29) is 0 Å². The van der Waals surface area contributed by atoms with Crippen LogP contribution >= 0.6 is 11.3 Å². The largest absolute Gasteiger partial charge is 0.310 e. The van der Waals surface area contributed by atoms with Gasteiger partial charge < -0.3 is 5.32 Å². The zero-order chi connectivity index (χ0) is 15.7. The quantitative estimate of drug-likeness (QED) is 0.641. The highest BCUT2D eigenvalue weighted by Crippen LogP contribution is 2.11. The molecule has 1 atom stereocenters. The molecule has 1 N–H and O–H groups in total. The van der Waals surface area contributed by atoms with Crippen LogP contribution in [0.1, 0.15) is 52.3 Å². The summed E-state index contributed by atoms with van der Waals surface area (Å²) in [5, 5.41) is 5.76. The lowest BCUT2D eigenvalue weighted by Crippen LogP contribution is -2.42. The molecule has 1 aromatic heterocycles. The molecule has 2 nitrogen and oxygen atoms in total. The van der Waals surface area contributed by atoms with Crippen molar-refractivity contribution in [3.05, 3.63) is 22.4 Å². The zero-order valence-corrected chi connectivity index (χ0v) is 15.4. The van der Waals surface area contributed by atoms with Gasteiger partial charge in [-0.1, -0.05) is 33.8 Å². The molecule has 1 rings (SSSR count). The van der Waals surface area contributed by atoms with Crippen molar-refractivity contribution in [2.75, 3.05) is 19.6 Å². The fourth-order valence-corrected chi connectivity index (χ4v) is 3.02. The fraction of sp³-hybridized carbons (Fsp3) is 0.778. The van der Waals surface area contributed by atoms with Gasteiger partial charge in [-0.2, -0.15) is 0 Å². The third-order valence-corrected chi connectivity index (χ3v) is 4.81. The van der Waals surface area contributed by atoms with Gasteiger partial charge in [-0.15, -0.1) is 11.3 Å². The van der Waals surface area contributed by atoms with Crippen LogP contribution < -0.4 is 5.32 Å². The smallest absolute Gasteiger partial charge is 0.0300 e. The first-order valence-electron chi connectivity index (χ1n) is 8.46. The molecule has 0 aliphatic rings. The van der Waals surface area contributed by atoms with Crippen molar-refractivity contribution >= 4 is 11.3 Å². The summed E-state index contributed by atoms with van der Waals surface area (Å²) in [4.78, 5) is 4.10. The van der Waals surface area contributed by atoms with Crippen molar-refractivity contribution in [3.8, 4) is 0 Å². The van der Waals surface area contributed by atoms with Crippen LogP contribution in [0.3, 0.4) is 0 Å². The standard InChI is InChI=1S/C18H34N2S/c1-15(2)8-10-20(11-9-16(3)4)17(5)13-19-14-18-7-6-12-21-18/h6-7,12,15-17,19H,8-11,13-14H2,1-5H3. The van der Waals surface area contributed by atoms with Gasteiger partial charge in [0, 0.05) is 24.0 Å². The van der Waals surface area contributed by atoms with Gasteiger partial charge in [0.05, 0.1) is 0 Å². The number of hydrogen-bond acceptors (Lipinski definition) is 3. The van der Waals surface area contributed by atoms with Crippen LogP contribution in [0.15, 0.2) is 17.5 Å². The number of hydrogen-bond donors (Lipinski definition) is 1. The van der Waals surface area contributed by atoms with Crippen LogP contribution in [-0.2, 0) is 6.54 Å². The molecule has 0 saturated heterocycles. The van der Waals surface area contributed by atoms with Crippen LogP contribution in [0.4, 0.5) is 0 Å². The molecule has 0 bridgehead atoms. The molecule has 1 unspecified atom stereocenters. The lowest BCUT2D eigenvalue weighted by Gasteiger charge is -2.30. The van der Waals surface area contributed by atoms with E-state index in [0.29, 0.717) is 6.04 Å². The number of rotatable bonds is 11. The Hall–Kier alpha value is -0.380. The minimum atomic E-state index is 0.613. The van der Waals surface area contributed by atoms with E-state index >= 15 is 0 Å². The normalized spacial score (nSPS) is 13.5. The van der Waals surface area contributed by atoms with Gasteiger partial charge in [0.15, 0.2) is 0 Å². The highest BCUT2D eigenvalue weighted by atomic mass is 32.1. The van der Waals surface area contributed by atoms with E-state index in [2.05, 4.69) is 62.3 Å². The van der Waals surface area contributed by atoms with Crippen molar-refractivity contribution in [1.82, 2.24) is 10.2 Å². The highest BCUT2D eigenvalue weighted by molar-refractivity contribution is 7.09. The average Bonchev–Trinajstić information content (AvgIpc) is 2.91. The summed E-state index contributed by atoms with van der Waals surface area (Å²) < 4.78 is 0. The SMILES string of the molecule is CC(C)CCN(CCC(C)C)C(C)CNCc1cccs1. The molecule has 0 amide bonds. The van der Waals surface area contributed by atoms with Gasteiger partial charge in [0.25, 0.3) is 0 Å². The van der Waals surface area contributed by atoms with Crippen molar-refractivity contribution in [3.63, 3.8) is 0 Å². The summed E-state index contributed by atoms with van der Waals surface area (Å²) in [7, 11) is 0. The third-order valence-electron chi connectivity index (χ3n) is 3.93. The second-order valence-electron chi connectivity index (χ2n) is 6.96. The predicted molar refractivity (Wildman–Crippen MR) is 96.0 cm³/mol. The topological polar surface area (TPSA) is 15.3 Å². The molecular formula is C18H34N2S. The first kappa shape index (κ1) is 18.7. The average molecular weight is 311 g/mol. The van der Waals surface area contributed by atoms with Gasteiger partial charge in [0.1, 0.15) is 0 Å². The minimum Gasteiger partial charge on any atom is -0.310 e. The fourth-order valence-electron chi connectivity index (χ4n) is 2.35. The summed E-state index contributed by atoms with van der Waals surface area (Å²) in [6.45, 7) is 16.2. The first-order valence-corrected chi connectivity index (χ1v) is 9.34. The van der Waals surface area contributed by atoms with Gasteiger partial charge in [-0.3, -0.25) is 4.90 Å². The third kappa shape index (κ3) is 8.60. The maximum Gasteiger partial charge on any atom is 0.0300 e. The Morgan fingerprint density at radius 2 is 1.67 bits per heavy atom. The number of thiophene rings is 1. The summed E-state index contributed by atoms with van der Waals surface area (Å²) in [6.07, 6.45) is 2.60. The van der Waals surface area contributed by atoms with Crippen LogP contribution in [0, 0.1) is 11.8 Å². The van der Waals surface area contributed by atoms with E-state index in [1.165, 1.54) is 30.8 Å². The number of nitrogens with zero attached hydrogens (tertiary/aromatic N) is 1. The van der Waals surface area contributed by atoms with Crippen molar-refractivity contribution in [2.45, 2.75) is 60.0 Å². The van der Waals surface area contributed by atoms with E-state index in [4.69, 9.17) is 0 Å². The molecule has 1 aromatic rings. The molecule has 0 spiro atoms.